The molecule has 122 valence electrons. The van der Waals surface area contributed by atoms with Gasteiger partial charge in [-0.25, -0.2) is 4.79 Å². The molecule has 11 heteroatoms. The molecule has 0 amide bonds. The molecule has 4 N–H and O–H groups in total. The molecule has 1 aromatic rings. The van der Waals surface area contributed by atoms with Gasteiger partial charge >= 0.3 is 13.9 Å². The summed E-state index contributed by atoms with van der Waals surface area (Å²) in [6.45, 7) is 1.44. The van der Waals surface area contributed by atoms with Crippen molar-refractivity contribution in [3.05, 3.63) is 22.7 Å². The van der Waals surface area contributed by atoms with E-state index in [1.165, 1.54) is 26.3 Å². The highest BCUT2D eigenvalue weighted by molar-refractivity contribution is 7.32. The van der Waals surface area contributed by atoms with Crippen molar-refractivity contribution in [1.82, 2.24) is 9.55 Å². The normalized spacial score (nSPS) is 30.3. The van der Waals surface area contributed by atoms with E-state index in [0.29, 0.717) is 0 Å². The van der Waals surface area contributed by atoms with Gasteiger partial charge < -0.3 is 20.3 Å². The van der Waals surface area contributed by atoms with Crippen LogP contribution in [0, 0.1) is 0 Å². The minimum atomic E-state index is -2.94. The fourth-order valence-electron chi connectivity index (χ4n) is 2.37. The van der Waals surface area contributed by atoms with Crippen molar-refractivity contribution in [2.75, 3.05) is 12.8 Å². The Kier molecular flexibility index (Phi) is 5.22. The second-order valence-electron chi connectivity index (χ2n) is 4.78. The highest BCUT2D eigenvalue weighted by Gasteiger charge is 2.52. The van der Waals surface area contributed by atoms with Gasteiger partial charge in [0.05, 0.1) is 6.10 Å². The standard InChI is InChI=1S/C11H16N3O7P/c1-5(15)7-8(21-22(17)18)9(19-2)10(20-7)14-4-3-6(12)13-11(14)16/h3-5,7-10,15H,1-2H3,(H2-,12,13,16,17,18)/p+1/t5-,7-,8?,9?,10-/m1/s1. The zero-order valence-corrected chi connectivity index (χ0v) is 12.8. The molecule has 22 heavy (non-hydrogen) atoms. The smallest absolute Gasteiger partial charge is 0.391 e. The second-order valence-corrected chi connectivity index (χ2v) is 5.47. The lowest BCUT2D eigenvalue weighted by Crippen LogP contribution is -2.40. The molecule has 1 aliphatic rings. The molecule has 0 spiro atoms. The summed E-state index contributed by atoms with van der Waals surface area (Å²) in [6.07, 6.45) is -3.51. The average Bonchev–Trinajstić information content (AvgIpc) is 2.76. The molecular formula is C11H17N3O7P+. The van der Waals surface area contributed by atoms with Crippen molar-refractivity contribution < 1.29 is 28.6 Å². The van der Waals surface area contributed by atoms with E-state index in [4.69, 9.17) is 24.6 Å². The third-order valence-corrected chi connectivity index (χ3v) is 3.73. The molecular weight excluding hydrogens is 317 g/mol. The van der Waals surface area contributed by atoms with Crippen molar-refractivity contribution in [2.45, 2.75) is 37.6 Å². The molecule has 0 aliphatic carbocycles. The van der Waals surface area contributed by atoms with E-state index in [2.05, 4.69) is 4.98 Å². The Morgan fingerprint density at radius 1 is 1.55 bits per heavy atom. The van der Waals surface area contributed by atoms with Crippen LogP contribution in [0.1, 0.15) is 13.2 Å². The Morgan fingerprint density at radius 3 is 2.73 bits per heavy atom. The number of methoxy groups -OCH3 is 1. The van der Waals surface area contributed by atoms with Gasteiger partial charge in [-0.05, 0) is 13.0 Å². The minimum Gasteiger partial charge on any atom is -0.391 e. The van der Waals surface area contributed by atoms with Gasteiger partial charge in [-0.15, -0.1) is 9.42 Å². The van der Waals surface area contributed by atoms with Crippen molar-refractivity contribution in [1.29, 1.82) is 0 Å². The summed E-state index contributed by atoms with van der Waals surface area (Å²) in [7, 11) is -1.60. The van der Waals surface area contributed by atoms with Gasteiger partial charge in [0, 0.05) is 17.9 Å². The molecule has 1 aliphatic heterocycles. The van der Waals surface area contributed by atoms with E-state index in [1.54, 1.807) is 0 Å². The summed E-state index contributed by atoms with van der Waals surface area (Å²) in [5.74, 6) is 0.0477. The highest BCUT2D eigenvalue weighted by Crippen LogP contribution is 2.38. The Hall–Kier alpha value is -1.42. The summed E-state index contributed by atoms with van der Waals surface area (Å²) in [4.78, 5) is 24.5. The van der Waals surface area contributed by atoms with Gasteiger partial charge in [0.25, 0.3) is 0 Å². The van der Waals surface area contributed by atoms with E-state index in [0.717, 1.165) is 4.57 Å². The maximum absolute atomic E-state index is 11.9. The molecule has 10 nitrogen and oxygen atoms in total. The second kappa shape index (κ2) is 6.78. The van der Waals surface area contributed by atoms with Crippen LogP contribution in [-0.4, -0.2) is 51.1 Å². The summed E-state index contributed by atoms with van der Waals surface area (Å²) < 4.78 is 27.8. The zero-order valence-electron chi connectivity index (χ0n) is 11.9. The topological polar surface area (TPSA) is 146 Å². The fraction of sp³-hybridized carbons (Fsp3) is 0.636. The van der Waals surface area contributed by atoms with Crippen LogP contribution in [0.2, 0.25) is 0 Å². The fourth-order valence-corrected chi connectivity index (χ4v) is 2.82. The SMILES string of the molecule is COC1C(O[P+](=O)O)[C@@H]([C@@H](C)O)O[C@H]1n1ccc(N)nc1=O. The minimum absolute atomic E-state index is 0.0477. The van der Waals surface area contributed by atoms with Crippen LogP contribution in [0.3, 0.4) is 0 Å². The molecule has 1 fully saturated rings. The van der Waals surface area contributed by atoms with Crippen molar-refractivity contribution in [3.63, 3.8) is 0 Å². The first-order valence-electron chi connectivity index (χ1n) is 6.39. The number of hydrogen-bond acceptors (Lipinski definition) is 8. The summed E-state index contributed by atoms with van der Waals surface area (Å²) in [5.41, 5.74) is 4.75. The van der Waals surface area contributed by atoms with Crippen LogP contribution < -0.4 is 11.4 Å². The molecule has 2 heterocycles. The third-order valence-electron chi connectivity index (χ3n) is 3.31. The molecule has 0 radical (unpaired) electrons. The number of aliphatic hydroxyl groups excluding tert-OH is 1. The van der Waals surface area contributed by atoms with Crippen molar-refractivity contribution in [3.8, 4) is 0 Å². The first-order chi connectivity index (χ1) is 10.3. The maximum atomic E-state index is 11.9. The molecule has 3 unspecified atom stereocenters. The van der Waals surface area contributed by atoms with E-state index < -0.39 is 44.6 Å². The number of rotatable bonds is 5. The average molecular weight is 334 g/mol. The zero-order chi connectivity index (χ0) is 16.4. The van der Waals surface area contributed by atoms with E-state index in [9.17, 15) is 14.5 Å². The molecule has 0 bridgehead atoms. The number of aliphatic hydroxyl groups is 1. The number of ether oxygens (including phenoxy) is 2. The lowest BCUT2D eigenvalue weighted by molar-refractivity contribution is -0.0816. The Labute approximate surface area is 126 Å². The Balaban J connectivity index is 2.39. The number of aromatic nitrogens is 2. The monoisotopic (exact) mass is 334 g/mol. The molecule has 0 aromatic carbocycles. The van der Waals surface area contributed by atoms with Gasteiger partial charge in [-0.1, -0.05) is 0 Å². The van der Waals surface area contributed by atoms with Gasteiger partial charge in [0.15, 0.2) is 12.3 Å². The van der Waals surface area contributed by atoms with Crippen LogP contribution in [0.25, 0.3) is 0 Å². The van der Waals surface area contributed by atoms with Gasteiger partial charge in [-0.3, -0.25) is 4.57 Å². The predicted molar refractivity (Wildman–Crippen MR) is 74.0 cm³/mol. The number of nitrogens with two attached hydrogens (primary N) is 1. The maximum Gasteiger partial charge on any atom is 0.695 e. The van der Waals surface area contributed by atoms with E-state index in [1.807, 2.05) is 0 Å². The van der Waals surface area contributed by atoms with Gasteiger partial charge in [-0.2, -0.15) is 4.98 Å². The lowest BCUT2D eigenvalue weighted by atomic mass is 10.1. The predicted octanol–water partition coefficient (Wildman–Crippen LogP) is -0.846. The Morgan fingerprint density at radius 2 is 2.23 bits per heavy atom. The number of nitrogens with zero attached hydrogens (tertiary/aromatic N) is 2. The van der Waals surface area contributed by atoms with E-state index in [-0.39, 0.29) is 5.82 Å². The van der Waals surface area contributed by atoms with Gasteiger partial charge in [0.2, 0.25) is 0 Å². The molecule has 1 aromatic heterocycles. The van der Waals surface area contributed by atoms with Crippen LogP contribution in [0.15, 0.2) is 17.1 Å². The molecule has 0 saturated carbocycles. The number of nitrogen functional groups attached to an aromatic ring is 1. The lowest BCUT2D eigenvalue weighted by Gasteiger charge is -2.19. The number of anilines is 1. The summed E-state index contributed by atoms with van der Waals surface area (Å²) in [6, 6.07) is 1.40. The highest BCUT2D eigenvalue weighted by atomic mass is 31.1. The van der Waals surface area contributed by atoms with Crippen LogP contribution in [0.4, 0.5) is 5.82 Å². The third kappa shape index (κ3) is 3.32. The summed E-state index contributed by atoms with van der Waals surface area (Å²) >= 11 is 0. The number of hydrogen-bond donors (Lipinski definition) is 3. The largest absolute Gasteiger partial charge is 0.695 e. The quantitative estimate of drug-likeness (QED) is 0.586. The van der Waals surface area contributed by atoms with Crippen LogP contribution in [-0.2, 0) is 18.6 Å². The van der Waals surface area contributed by atoms with Crippen LogP contribution in [0.5, 0.6) is 0 Å². The van der Waals surface area contributed by atoms with Crippen molar-refractivity contribution in [2.24, 2.45) is 0 Å². The van der Waals surface area contributed by atoms with E-state index >= 15 is 0 Å². The first-order valence-corrected chi connectivity index (χ1v) is 7.52. The molecule has 2 rings (SSSR count). The molecule has 1 saturated heterocycles. The molecule has 6 atom stereocenters. The van der Waals surface area contributed by atoms with Crippen molar-refractivity contribution >= 4 is 14.1 Å². The summed E-state index contributed by atoms with van der Waals surface area (Å²) in [5, 5.41) is 9.77. The Bertz CT molecular complexity index is 608. The van der Waals surface area contributed by atoms with Gasteiger partial charge in [0.1, 0.15) is 18.0 Å². The first kappa shape index (κ1) is 16.9. The van der Waals surface area contributed by atoms with Crippen LogP contribution >= 0.6 is 8.25 Å².